The van der Waals surface area contributed by atoms with Crippen LogP contribution in [0.1, 0.15) is 30.6 Å². The molecule has 2 N–H and O–H groups in total. The van der Waals surface area contributed by atoms with Crippen molar-refractivity contribution in [2.45, 2.75) is 37.6 Å². The van der Waals surface area contributed by atoms with Gasteiger partial charge in [0.25, 0.3) is 0 Å². The van der Waals surface area contributed by atoms with Gasteiger partial charge in [-0.3, -0.25) is 4.90 Å². The lowest BCUT2D eigenvalue weighted by molar-refractivity contribution is 0.0692. The predicted molar refractivity (Wildman–Crippen MR) is 77.9 cm³/mol. The summed E-state index contributed by atoms with van der Waals surface area (Å²) in [4.78, 5) is 4.08. The van der Waals surface area contributed by atoms with Gasteiger partial charge in [-0.1, -0.05) is 18.9 Å². The lowest BCUT2D eigenvalue weighted by Crippen LogP contribution is -2.55. The van der Waals surface area contributed by atoms with Crippen LogP contribution in [0.2, 0.25) is 0 Å². The van der Waals surface area contributed by atoms with Crippen LogP contribution in [0.4, 0.5) is 0 Å². The Morgan fingerprint density at radius 1 is 1.56 bits per heavy atom. The average molecular weight is 264 g/mol. The first-order chi connectivity index (χ1) is 8.76. The zero-order chi connectivity index (χ0) is 12.6. The number of rotatable bonds is 5. The van der Waals surface area contributed by atoms with Crippen molar-refractivity contribution in [1.82, 2.24) is 4.90 Å². The molecule has 0 bridgehead atoms. The van der Waals surface area contributed by atoms with Gasteiger partial charge in [0.05, 0.1) is 0 Å². The van der Waals surface area contributed by atoms with Gasteiger partial charge < -0.3 is 5.73 Å². The number of likely N-dealkylation sites (N-methyl/N-ethyl adjacent to an activating group) is 1. The fourth-order valence-corrected chi connectivity index (χ4v) is 4.62. The number of hydrogen-bond donors (Lipinski definition) is 1. The zero-order valence-electron chi connectivity index (χ0n) is 11.3. The lowest BCUT2D eigenvalue weighted by Gasteiger charge is -2.44. The van der Waals surface area contributed by atoms with E-state index in [2.05, 4.69) is 29.5 Å². The largest absolute Gasteiger partial charge is 0.329 e. The molecule has 2 aliphatic carbocycles. The summed E-state index contributed by atoms with van der Waals surface area (Å²) in [5.41, 5.74) is 6.49. The predicted octanol–water partition coefficient (Wildman–Crippen LogP) is 2.74. The Labute approximate surface area is 114 Å². The maximum atomic E-state index is 6.17. The average Bonchev–Trinajstić information content (AvgIpc) is 3.02. The van der Waals surface area contributed by atoms with E-state index < -0.39 is 0 Å². The summed E-state index contributed by atoms with van der Waals surface area (Å²) in [7, 11) is 2.29. The Morgan fingerprint density at radius 3 is 3.17 bits per heavy atom. The standard InChI is InChI=1S/C15H24N2S/c1-17(8-6-13-5-3-9-18-13)15(11-16)7-2-4-12-10-14(12)15/h3,5,9,12,14H,2,4,6-8,10-11,16H2,1H3. The van der Waals surface area contributed by atoms with Gasteiger partial charge in [0.2, 0.25) is 0 Å². The van der Waals surface area contributed by atoms with Gasteiger partial charge in [0.15, 0.2) is 0 Å². The van der Waals surface area contributed by atoms with Crippen LogP contribution < -0.4 is 5.73 Å². The third kappa shape index (κ3) is 2.13. The maximum Gasteiger partial charge on any atom is 0.0359 e. The molecule has 18 heavy (non-hydrogen) atoms. The summed E-state index contributed by atoms with van der Waals surface area (Å²) < 4.78 is 0. The Balaban J connectivity index is 1.64. The van der Waals surface area contributed by atoms with E-state index in [0.717, 1.165) is 24.9 Å². The molecule has 1 heterocycles. The number of fused-ring (bicyclic) bond motifs is 1. The molecule has 0 amide bonds. The molecule has 1 aromatic heterocycles. The van der Waals surface area contributed by atoms with E-state index in [0.29, 0.717) is 5.54 Å². The molecular weight excluding hydrogens is 240 g/mol. The number of nitrogens with two attached hydrogens (primary N) is 1. The highest BCUT2D eigenvalue weighted by atomic mass is 32.1. The molecule has 1 aromatic rings. The monoisotopic (exact) mass is 264 g/mol. The fourth-order valence-electron chi connectivity index (χ4n) is 3.92. The fraction of sp³-hybridized carbons (Fsp3) is 0.733. The van der Waals surface area contributed by atoms with Crippen LogP contribution in [-0.4, -0.2) is 30.6 Å². The first-order valence-electron chi connectivity index (χ1n) is 7.20. The molecule has 3 unspecified atom stereocenters. The SMILES string of the molecule is CN(CCc1cccs1)C1(CN)CCCC2CC21. The molecule has 0 radical (unpaired) electrons. The minimum atomic E-state index is 0.320. The maximum absolute atomic E-state index is 6.17. The Morgan fingerprint density at radius 2 is 2.44 bits per heavy atom. The van der Waals surface area contributed by atoms with Gasteiger partial charge in [0, 0.05) is 23.5 Å². The second kappa shape index (κ2) is 4.95. The van der Waals surface area contributed by atoms with Crippen molar-refractivity contribution < 1.29 is 0 Å². The molecular formula is C15H24N2S. The van der Waals surface area contributed by atoms with Gasteiger partial charge in [-0.25, -0.2) is 0 Å². The van der Waals surface area contributed by atoms with E-state index in [4.69, 9.17) is 5.73 Å². The molecule has 2 saturated carbocycles. The second-order valence-electron chi connectivity index (χ2n) is 6.05. The van der Waals surface area contributed by atoms with Crippen LogP contribution in [0.15, 0.2) is 17.5 Å². The molecule has 2 nitrogen and oxygen atoms in total. The molecule has 2 fully saturated rings. The highest BCUT2D eigenvalue weighted by molar-refractivity contribution is 7.09. The van der Waals surface area contributed by atoms with E-state index in [9.17, 15) is 0 Å². The van der Waals surface area contributed by atoms with E-state index in [1.165, 1.54) is 37.0 Å². The number of thiophene rings is 1. The van der Waals surface area contributed by atoms with Gasteiger partial charge in [-0.2, -0.15) is 0 Å². The van der Waals surface area contributed by atoms with Gasteiger partial charge >= 0.3 is 0 Å². The van der Waals surface area contributed by atoms with Crippen LogP contribution in [0.25, 0.3) is 0 Å². The molecule has 0 saturated heterocycles. The van der Waals surface area contributed by atoms with E-state index >= 15 is 0 Å². The van der Waals surface area contributed by atoms with Crippen molar-refractivity contribution in [3.05, 3.63) is 22.4 Å². The smallest absolute Gasteiger partial charge is 0.0359 e. The summed E-state index contributed by atoms with van der Waals surface area (Å²) >= 11 is 1.87. The van der Waals surface area contributed by atoms with Gasteiger partial charge in [0.1, 0.15) is 0 Å². The minimum Gasteiger partial charge on any atom is -0.329 e. The van der Waals surface area contributed by atoms with Crippen molar-refractivity contribution >= 4 is 11.3 Å². The topological polar surface area (TPSA) is 29.3 Å². The van der Waals surface area contributed by atoms with Crippen molar-refractivity contribution in [3.63, 3.8) is 0 Å². The van der Waals surface area contributed by atoms with E-state index in [-0.39, 0.29) is 0 Å². The first kappa shape index (κ1) is 12.6. The van der Waals surface area contributed by atoms with Crippen LogP contribution in [0.5, 0.6) is 0 Å². The van der Waals surface area contributed by atoms with Crippen LogP contribution in [-0.2, 0) is 6.42 Å². The Kier molecular flexibility index (Phi) is 3.48. The summed E-state index contributed by atoms with van der Waals surface area (Å²) in [6.07, 6.45) is 6.74. The summed E-state index contributed by atoms with van der Waals surface area (Å²) in [6, 6.07) is 4.39. The Bertz CT molecular complexity index is 389. The van der Waals surface area contributed by atoms with Gasteiger partial charge in [-0.05, 0) is 49.6 Å². The third-order valence-corrected chi connectivity index (χ3v) is 6.12. The van der Waals surface area contributed by atoms with Crippen LogP contribution >= 0.6 is 11.3 Å². The van der Waals surface area contributed by atoms with Crippen molar-refractivity contribution in [1.29, 1.82) is 0 Å². The number of hydrogen-bond acceptors (Lipinski definition) is 3. The van der Waals surface area contributed by atoms with Gasteiger partial charge in [-0.15, -0.1) is 11.3 Å². The second-order valence-corrected chi connectivity index (χ2v) is 7.09. The van der Waals surface area contributed by atoms with Crippen molar-refractivity contribution in [2.24, 2.45) is 17.6 Å². The molecule has 0 aliphatic heterocycles. The summed E-state index contributed by atoms with van der Waals surface area (Å²) in [5.74, 6) is 1.89. The van der Waals surface area contributed by atoms with E-state index in [1.54, 1.807) is 0 Å². The lowest BCUT2D eigenvalue weighted by atomic mass is 9.80. The normalized spacial score (nSPS) is 34.6. The third-order valence-electron chi connectivity index (χ3n) is 5.18. The van der Waals surface area contributed by atoms with Crippen LogP contribution in [0, 0.1) is 11.8 Å². The molecule has 100 valence electrons. The molecule has 3 rings (SSSR count). The minimum absolute atomic E-state index is 0.320. The molecule has 0 spiro atoms. The molecule has 0 aromatic carbocycles. The molecule has 2 aliphatic rings. The first-order valence-corrected chi connectivity index (χ1v) is 8.08. The summed E-state index contributed by atoms with van der Waals surface area (Å²) in [6.45, 7) is 2.00. The molecule has 3 heteroatoms. The van der Waals surface area contributed by atoms with Crippen molar-refractivity contribution in [3.8, 4) is 0 Å². The quantitative estimate of drug-likeness (QED) is 0.886. The van der Waals surface area contributed by atoms with E-state index in [1.807, 2.05) is 11.3 Å². The number of nitrogens with zero attached hydrogens (tertiary/aromatic N) is 1. The highest BCUT2D eigenvalue weighted by Gasteiger charge is 2.55. The zero-order valence-corrected chi connectivity index (χ0v) is 12.1. The summed E-state index contributed by atoms with van der Waals surface area (Å²) in [5, 5.41) is 2.17. The Hall–Kier alpha value is -0.380. The van der Waals surface area contributed by atoms with Crippen LogP contribution in [0.3, 0.4) is 0 Å². The van der Waals surface area contributed by atoms with Crippen molar-refractivity contribution in [2.75, 3.05) is 20.1 Å². The highest BCUT2D eigenvalue weighted by Crippen LogP contribution is 2.56. The molecule has 3 atom stereocenters.